The van der Waals surface area contributed by atoms with Crippen LogP contribution in [0, 0.1) is 6.92 Å². The van der Waals surface area contributed by atoms with Gasteiger partial charge >= 0.3 is 0 Å². The summed E-state index contributed by atoms with van der Waals surface area (Å²) in [7, 11) is -1.77. The highest BCUT2D eigenvalue weighted by Crippen LogP contribution is 2.30. The minimum Gasteiger partial charge on any atom is -0.332 e. The lowest BCUT2D eigenvalue weighted by Gasteiger charge is -2.19. The van der Waals surface area contributed by atoms with E-state index >= 15 is 0 Å². The Balaban J connectivity index is 1.67. The zero-order chi connectivity index (χ0) is 20.5. The molecule has 0 unspecified atom stereocenters. The summed E-state index contributed by atoms with van der Waals surface area (Å²) in [6.07, 6.45) is 1.72. The summed E-state index contributed by atoms with van der Waals surface area (Å²) in [6.45, 7) is 2.25. The van der Waals surface area contributed by atoms with Crippen molar-refractivity contribution in [3.05, 3.63) is 59.2 Å². The molecule has 2 aromatic rings. The van der Waals surface area contributed by atoms with E-state index in [2.05, 4.69) is 5.32 Å². The fourth-order valence-electron chi connectivity index (χ4n) is 3.19. The molecule has 1 aliphatic heterocycles. The second-order valence-corrected chi connectivity index (χ2v) is 8.91. The van der Waals surface area contributed by atoms with Gasteiger partial charge in [-0.1, -0.05) is 17.7 Å². The van der Waals surface area contributed by atoms with Crippen LogP contribution in [0.2, 0.25) is 0 Å². The summed E-state index contributed by atoms with van der Waals surface area (Å²) in [5.74, 6) is -0.580. The number of fused-ring (bicyclic) bond motifs is 1. The molecule has 0 aliphatic carbocycles. The molecule has 1 N–H and O–H groups in total. The van der Waals surface area contributed by atoms with Gasteiger partial charge in [-0.25, -0.2) is 8.42 Å². The van der Waals surface area contributed by atoms with Crippen molar-refractivity contribution < 1.29 is 18.0 Å². The van der Waals surface area contributed by atoms with E-state index in [9.17, 15) is 18.0 Å². The maximum Gasteiger partial charge on any atom is 0.254 e. The number of likely N-dealkylation sites (N-methyl/N-ethyl adjacent to an activating group) is 1. The van der Waals surface area contributed by atoms with E-state index in [0.717, 1.165) is 11.1 Å². The number of anilines is 2. The number of nitrogens with zero attached hydrogens (tertiary/aromatic N) is 2. The van der Waals surface area contributed by atoms with Crippen LogP contribution in [0.1, 0.15) is 21.5 Å². The van der Waals surface area contributed by atoms with Gasteiger partial charge in [0.2, 0.25) is 15.9 Å². The summed E-state index contributed by atoms with van der Waals surface area (Å²) < 4.78 is 25.0. The van der Waals surface area contributed by atoms with Crippen molar-refractivity contribution >= 4 is 33.2 Å². The lowest BCUT2D eigenvalue weighted by molar-refractivity contribution is -0.116. The van der Waals surface area contributed by atoms with Gasteiger partial charge in [-0.05, 0) is 49.2 Å². The summed E-state index contributed by atoms with van der Waals surface area (Å²) in [6, 6.07) is 12.4. The van der Waals surface area contributed by atoms with Crippen molar-refractivity contribution in [2.24, 2.45) is 0 Å². The van der Waals surface area contributed by atoms with Crippen LogP contribution >= 0.6 is 0 Å². The van der Waals surface area contributed by atoms with Crippen molar-refractivity contribution in [3.63, 3.8) is 0 Å². The lowest BCUT2D eigenvalue weighted by Crippen LogP contribution is -2.35. The first-order chi connectivity index (χ1) is 13.1. The zero-order valence-corrected chi connectivity index (χ0v) is 16.9. The highest BCUT2D eigenvalue weighted by molar-refractivity contribution is 7.92. The molecule has 1 aliphatic rings. The van der Waals surface area contributed by atoms with Gasteiger partial charge in [0.1, 0.15) is 0 Å². The van der Waals surface area contributed by atoms with Crippen LogP contribution in [-0.4, -0.2) is 51.5 Å². The molecule has 3 rings (SSSR count). The number of hydrogen-bond acceptors (Lipinski definition) is 4. The Morgan fingerprint density at radius 1 is 1.14 bits per heavy atom. The van der Waals surface area contributed by atoms with Crippen molar-refractivity contribution in [2.75, 3.05) is 36.0 Å². The largest absolute Gasteiger partial charge is 0.332 e. The number of hydrogen-bond donors (Lipinski definition) is 1. The second-order valence-electron chi connectivity index (χ2n) is 7.00. The molecule has 0 atom stereocenters. The molecule has 2 amide bonds. The molecular formula is C20H23N3O4S. The molecule has 8 heteroatoms. The first-order valence-electron chi connectivity index (χ1n) is 8.88. The van der Waals surface area contributed by atoms with E-state index in [-0.39, 0.29) is 18.4 Å². The molecule has 0 bridgehead atoms. The molecule has 7 nitrogen and oxygen atoms in total. The van der Waals surface area contributed by atoms with Crippen molar-refractivity contribution in [1.82, 2.24) is 4.90 Å². The summed E-state index contributed by atoms with van der Waals surface area (Å²) in [4.78, 5) is 26.2. The van der Waals surface area contributed by atoms with Gasteiger partial charge in [-0.15, -0.1) is 0 Å². The summed E-state index contributed by atoms with van der Waals surface area (Å²) in [5, 5.41) is 2.76. The molecule has 0 radical (unpaired) electrons. The predicted molar refractivity (Wildman–Crippen MR) is 109 cm³/mol. The second kappa shape index (κ2) is 7.63. The highest BCUT2D eigenvalue weighted by Gasteiger charge is 2.27. The monoisotopic (exact) mass is 401 g/mol. The van der Waals surface area contributed by atoms with E-state index in [0.29, 0.717) is 29.9 Å². The van der Waals surface area contributed by atoms with Gasteiger partial charge in [-0.2, -0.15) is 0 Å². The van der Waals surface area contributed by atoms with Gasteiger partial charge < -0.3 is 10.2 Å². The number of amides is 2. The Labute approximate surface area is 165 Å². The van der Waals surface area contributed by atoms with E-state index in [1.165, 1.54) is 15.5 Å². The Bertz CT molecular complexity index is 1020. The Morgan fingerprint density at radius 2 is 1.82 bits per heavy atom. The Morgan fingerprint density at radius 3 is 2.46 bits per heavy atom. The maximum atomic E-state index is 12.7. The van der Waals surface area contributed by atoms with E-state index < -0.39 is 10.0 Å². The number of benzene rings is 2. The fourth-order valence-corrected chi connectivity index (χ4v) is 4.15. The molecule has 0 spiro atoms. The standard InChI is InChI=1S/C20H23N3O4S/c1-14-4-7-17(8-5-14)21-19(24)13-22(2)20(25)16-6-9-18-15(12-16)10-11-23(18)28(3,26)27/h4-9,12H,10-11,13H2,1-3H3,(H,21,24). The maximum absolute atomic E-state index is 12.7. The third kappa shape index (κ3) is 4.33. The smallest absolute Gasteiger partial charge is 0.254 e. The van der Waals surface area contributed by atoms with Gasteiger partial charge in [0.25, 0.3) is 5.91 Å². The number of rotatable bonds is 5. The van der Waals surface area contributed by atoms with Crippen LogP contribution in [0.4, 0.5) is 11.4 Å². The third-order valence-corrected chi connectivity index (χ3v) is 5.82. The van der Waals surface area contributed by atoms with E-state index in [1.54, 1.807) is 25.2 Å². The van der Waals surface area contributed by atoms with Crippen molar-refractivity contribution in [3.8, 4) is 0 Å². The third-order valence-electron chi connectivity index (χ3n) is 4.64. The van der Waals surface area contributed by atoms with Crippen LogP contribution in [0.3, 0.4) is 0 Å². The van der Waals surface area contributed by atoms with Crippen LogP contribution in [0.5, 0.6) is 0 Å². The molecule has 28 heavy (non-hydrogen) atoms. The van der Waals surface area contributed by atoms with E-state index in [1.807, 2.05) is 31.2 Å². The summed E-state index contributed by atoms with van der Waals surface area (Å²) in [5.41, 5.74) is 3.62. The number of aryl methyl sites for hydroxylation is 1. The number of carbonyl (C=O) groups excluding carboxylic acids is 2. The highest BCUT2D eigenvalue weighted by atomic mass is 32.2. The number of nitrogens with one attached hydrogen (secondary N) is 1. The first kappa shape index (κ1) is 19.9. The molecule has 0 fully saturated rings. The van der Waals surface area contributed by atoms with Crippen molar-refractivity contribution in [2.45, 2.75) is 13.3 Å². The Hall–Kier alpha value is -2.87. The molecule has 148 valence electrons. The quantitative estimate of drug-likeness (QED) is 0.831. The number of carbonyl (C=O) groups is 2. The molecular weight excluding hydrogens is 378 g/mol. The van der Waals surface area contributed by atoms with Gasteiger partial charge in [0.15, 0.2) is 0 Å². The first-order valence-corrected chi connectivity index (χ1v) is 10.7. The van der Waals surface area contributed by atoms with Gasteiger partial charge in [0, 0.05) is 24.8 Å². The molecule has 0 saturated heterocycles. The topological polar surface area (TPSA) is 86.8 Å². The van der Waals surface area contributed by atoms with Crippen LogP contribution < -0.4 is 9.62 Å². The van der Waals surface area contributed by atoms with Gasteiger partial charge in [-0.3, -0.25) is 13.9 Å². The Kier molecular flexibility index (Phi) is 5.42. The van der Waals surface area contributed by atoms with Crippen LogP contribution in [0.15, 0.2) is 42.5 Å². The molecule has 0 saturated carbocycles. The predicted octanol–water partition coefficient (Wildman–Crippen LogP) is 2.03. The molecule has 0 aromatic heterocycles. The van der Waals surface area contributed by atoms with E-state index in [4.69, 9.17) is 0 Å². The normalized spacial score (nSPS) is 13.2. The summed E-state index contributed by atoms with van der Waals surface area (Å²) >= 11 is 0. The average molecular weight is 401 g/mol. The molecule has 2 aromatic carbocycles. The minimum atomic E-state index is -3.33. The minimum absolute atomic E-state index is 0.0841. The zero-order valence-electron chi connectivity index (χ0n) is 16.1. The number of sulfonamides is 1. The molecule has 1 heterocycles. The average Bonchev–Trinajstić information content (AvgIpc) is 3.06. The van der Waals surface area contributed by atoms with Crippen LogP contribution in [-0.2, 0) is 21.2 Å². The SMILES string of the molecule is Cc1ccc(NC(=O)CN(C)C(=O)c2ccc3c(c2)CCN3S(C)(=O)=O)cc1. The van der Waals surface area contributed by atoms with Crippen molar-refractivity contribution in [1.29, 1.82) is 0 Å². The lowest BCUT2D eigenvalue weighted by atomic mass is 10.1. The fraction of sp³-hybridized carbons (Fsp3) is 0.300. The van der Waals surface area contributed by atoms with Gasteiger partial charge in [0.05, 0.1) is 18.5 Å². The van der Waals surface area contributed by atoms with Crippen LogP contribution in [0.25, 0.3) is 0 Å².